The number of nitrogens with two attached hydrogens (primary N) is 1. The summed E-state index contributed by atoms with van der Waals surface area (Å²) in [5.41, 5.74) is 6.34. The molecule has 1 aliphatic carbocycles. The lowest BCUT2D eigenvalue weighted by molar-refractivity contribution is 0.148. The predicted octanol–water partition coefficient (Wildman–Crippen LogP) is 3.12. The second-order valence-corrected chi connectivity index (χ2v) is 7.02. The molecule has 2 nitrogen and oxygen atoms in total. The molecule has 1 rings (SSSR count). The van der Waals surface area contributed by atoms with E-state index < -0.39 is 0 Å². The number of rotatable bonds is 7. The molecule has 17 heavy (non-hydrogen) atoms. The van der Waals surface area contributed by atoms with Gasteiger partial charge in [-0.05, 0) is 49.6 Å². The van der Waals surface area contributed by atoms with Crippen LogP contribution in [0, 0.1) is 17.3 Å². The summed E-state index contributed by atoms with van der Waals surface area (Å²) in [6, 6.07) is 0. The summed E-state index contributed by atoms with van der Waals surface area (Å²) in [5.74, 6) is 1.64. The van der Waals surface area contributed by atoms with E-state index in [2.05, 4.69) is 32.6 Å². The number of hydrogen-bond acceptors (Lipinski definition) is 2. The molecule has 102 valence electrons. The van der Waals surface area contributed by atoms with Gasteiger partial charge in [-0.1, -0.05) is 34.1 Å². The molecule has 0 aliphatic heterocycles. The van der Waals surface area contributed by atoms with E-state index in [-0.39, 0.29) is 0 Å². The van der Waals surface area contributed by atoms with Gasteiger partial charge in [-0.3, -0.25) is 0 Å². The number of hydrogen-bond donors (Lipinski definition) is 1. The van der Waals surface area contributed by atoms with E-state index in [0.717, 1.165) is 12.5 Å². The molecule has 0 bridgehead atoms. The third-order valence-corrected chi connectivity index (χ3v) is 3.94. The van der Waals surface area contributed by atoms with Crippen LogP contribution >= 0.6 is 0 Å². The van der Waals surface area contributed by atoms with Crippen LogP contribution in [-0.4, -0.2) is 31.1 Å². The lowest BCUT2D eigenvalue weighted by atomic mass is 9.83. The minimum Gasteiger partial charge on any atom is -0.330 e. The molecule has 0 aromatic heterocycles. The highest BCUT2D eigenvalue weighted by Crippen LogP contribution is 2.28. The molecule has 2 heteroatoms. The topological polar surface area (TPSA) is 29.3 Å². The number of nitrogens with zero attached hydrogens (tertiary/aromatic N) is 1. The maximum Gasteiger partial charge on any atom is 0.00219 e. The van der Waals surface area contributed by atoms with Crippen LogP contribution in [0.1, 0.15) is 53.4 Å². The molecule has 0 saturated heterocycles. The molecule has 1 aliphatic rings. The summed E-state index contributed by atoms with van der Waals surface area (Å²) in [5, 5.41) is 0. The summed E-state index contributed by atoms with van der Waals surface area (Å²) in [6.45, 7) is 13.7. The first-order chi connectivity index (χ1) is 7.94. The predicted molar refractivity (Wildman–Crippen MR) is 76.1 cm³/mol. The summed E-state index contributed by atoms with van der Waals surface area (Å²) in [7, 11) is 0. The molecule has 0 aromatic rings. The Labute approximate surface area is 108 Å². The van der Waals surface area contributed by atoms with Gasteiger partial charge in [0, 0.05) is 13.1 Å². The molecular formula is C15H32N2. The zero-order valence-electron chi connectivity index (χ0n) is 12.3. The maximum absolute atomic E-state index is 5.93. The highest BCUT2D eigenvalue weighted by atomic mass is 15.1. The van der Waals surface area contributed by atoms with Crippen LogP contribution in [-0.2, 0) is 0 Å². The molecule has 1 unspecified atom stereocenters. The smallest absolute Gasteiger partial charge is 0.00219 e. The molecule has 1 atom stereocenters. The van der Waals surface area contributed by atoms with Crippen molar-refractivity contribution in [1.29, 1.82) is 0 Å². The third kappa shape index (κ3) is 5.87. The standard InChI is InChI=1S/C15H32N2/c1-5-17(11-13-7-6-8-13)12-14(10-16)9-15(2,3)4/h13-14H,5-12,16H2,1-4H3. The molecule has 0 radical (unpaired) electrons. The van der Waals surface area contributed by atoms with E-state index >= 15 is 0 Å². The quantitative estimate of drug-likeness (QED) is 0.741. The first-order valence-electron chi connectivity index (χ1n) is 7.37. The van der Waals surface area contributed by atoms with Gasteiger partial charge in [-0.25, -0.2) is 0 Å². The van der Waals surface area contributed by atoms with E-state index in [9.17, 15) is 0 Å². The van der Waals surface area contributed by atoms with Crippen LogP contribution in [0.3, 0.4) is 0 Å². The SMILES string of the molecule is CCN(CC1CCC1)CC(CN)CC(C)(C)C. The van der Waals surface area contributed by atoms with Crippen molar-refractivity contribution in [3.05, 3.63) is 0 Å². The van der Waals surface area contributed by atoms with Crippen molar-refractivity contribution >= 4 is 0 Å². The lowest BCUT2D eigenvalue weighted by Crippen LogP contribution is -2.39. The summed E-state index contributed by atoms with van der Waals surface area (Å²) >= 11 is 0. The Hall–Kier alpha value is -0.0800. The van der Waals surface area contributed by atoms with Gasteiger partial charge >= 0.3 is 0 Å². The Kier molecular flexibility index (Phi) is 5.94. The Morgan fingerprint density at radius 3 is 2.29 bits per heavy atom. The summed E-state index contributed by atoms with van der Waals surface area (Å²) in [4.78, 5) is 2.62. The van der Waals surface area contributed by atoms with Gasteiger partial charge in [0.15, 0.2) is 0 Å². The van der Waals surface area contributed by atoms with Crippen LogP contribution in [0.15, 0.2) is 0 Å². The fourth-order valence-electron chi connectivity index (χ4n) is 2.83. The molecule has 0 aromatic carbocycles. The molecule has 1 saturated carbocycles. The summed E-state index contributed by atoms with van der Waals surface area (Å²) < 4.78 is 0. The third-order valence-electron chi connectivity index (χ3n) is 3.94. The zero-order valence-corrected chi connectivity index (χ0v) is 12.3. The van der Waals surface area contributed by atoms with Crippen molar-refractivity contribution in [1.82, 2.24) is 4.90 Å². The van der Waals surface area contributed by atoms with Crippen LogP contribution < -0.4 is 5.73 Å². The van der Waals surface area contributed by atoms with E-state index in [1.54, 1.807) is 0 Å². The van der Waals surface area contributed by atoms with Crippen molar-refractivity contribution < 1.29 is 0 Å². The van der Waals surface area contributed by atoms with Gasteiger partial charge in [0.25, 0.3) is 0 Å². The maximum atomic E-state index is 5.93. The molecule has 0 spiro atoms. The summed E-state index contributed by atoms with van der Waals surface area (Å²) in [6.07, 6.45) is 5.58. The Morgan fingerprint density at radius 2 is 1.94 bits per heavy atom. The Balaban J connectivity index is 2.34. The van der Waals surface area contributed by atoms with Crippen molar-refractivity contribution in [2.45, 2.75) is 53.4 Å². The minimum atomic E-state index is 0.403. The molecular weight excluding hydrogens is 208 g/mol. The van der Waals surface area contributed by atoms with E-state index in [1.165, 1.54) is 45.3 Å². The van der Waals surface area contributed by atoms with E-state index in [4.69, 9.17) is 5.73 Å². The second-order valence-electron chi connectivity index (χ2n) is 7.02. The largest absolute Gasteiger partial charge is 0.330 e. The highest BCUT2D eigenvalue weighted by molar-refractivity contribution is 4.77. The van der Waals surface area contributed by atoms with Crippen molar-refractivity contribution in [3.63, 3.8) is 0 Å². The average molecular weight is 240 g/mol. The zero-order chi connectivity index (χ0) is 12.9. The van der Waals surface area contributed by atoms with Crippen molar-refractivity contribution in [2.75, 3.05) is 26.2 Å². The first-order valence-corrected chi connectivity index (χ1v) is 7.37. The van der Waals surface area contributed by atoms with Crippen LogP contribution in [0.25, 0.3) is 0 Å². The Morgan fingerprint density at radius 1 is 1.29 bits per heavy atom. The van der Waals surface area contributed by atoms with E-state index in [1.807, 2.05) is 0 Å². The minimum absolute atomic E-state index is 0.403. The molecule has 0 heterocycles. The second kappa shape index (κ2) is 6.75. The van der Waals surface area contributed by atoms with Crippen molar-refractivity contribution in [2.24, 2.45) is 23.0 Å². The molecule has 0 amide bonds. The van der Waals surface area contributed by atoms with Gasteiger partial charge in [-0.2, -0.15) is 0 Å². The van der Waals surface area contributed by atoms with Gasteiger partial charge in [0.1, 0.15) is 0 Å². The lowest BCUT2D eigenvalue weighted by Gasteiger charge is -2.35. The van der Waals surface area contributed by atoms with Crippen LogP contribution in [0.2, 0.25) is 0 Å². The van der Waals surface area contributed by atoms with Crippen LogP contribution in [0.4, 0.5) is 0 Å². The fraction of sp³-hybridized carbons (Fsp3) is 1.00. The average Bonchev–Trinajstić information content (AvgIpc) is 2.18. The monoisotopic (exact) mass is 240 g/mol. The van der Waals surface area contributed by atoms with Crippen LogP contribution in [0.5, 0.6) is 0 Å². The van der Waals surface area contributed by atoms with E-state index in [0.29, 0.717) is 11.3 Å². The fourth-order valence-corrected chi connectivity index (χ4v) is 2.83. The van der Waals surface area contributed by atoms with Gasteiger partial charge in [0.2, 0.25) is 0 Å². The molecule has 2 N–H and O–H groups in total. The van der Waals surface area contributed by atoms with Gasteiger partial charge in [-0.15, -0.1) is 0 Å². The Bertz CT molecular complexity index is 203. The first kappa shape index (κ1) is 15.0. The molecule has 1 fully saturated rings. The normalized spacial score (nSPS) is 19.4. The van der Waals surface area contributed by atoms with Gasteiger partial charge < -0.3 is 10.6 Å². The van der Waals surface area contributed by atoms with Gasteiger partial charge in [0.05, 0.1) is 0 Å². The highest BCUT2D eigenvalue weighted by Gasteiger charge is 2.23. The van der Waals surface area contributed by atoms with Crippen molar-refractivity contribution in [3.8, 4) is 0 Å².